The fraction of sp³-hybridized carbons (Fsp3) is 0.538. The van der Waals surface area contributed by atoms with Gasteiger partial charge in [-0.05, 0) is 24.1 Å². The van der Waals surface area contributed by atoms with Gasteiger partial charge in [-0.25, -0.2) is 17.5 Å². The third-order valence-electron chi connectivity index (χ3n) is 3.40. The number of hydrogen-bond donors (Lipinski definition) is 2. The third kappa shape index (κ3) is 4.24. The van der Waals surface area contributed by atoms with E-state index in [1.165, 1.54) is 12.1 Å². The monoisotopic (exact) mass is 302 g/mol. The largest absolute Gasteiger partial charge is 0.392 e. The van der Waals surface area contributed by atoms with Crippen molar-refractivity contribution in [2.45, 2.75) is 18.6 Å². The predicted octanol–water partition coefficient (Wildman–Crippen LogP) is 0.483. The first-order valence-corrected chi connectivity index (χ1v) is 8.36. The summed E-state index contributed by atoms with van der Waals surface area (Å²) in [6.45, 7) is 1.29. The quantitative estimate of drug-likeness (QED) is 0.830. The lowest BCUT2D eigenvalue weighted by atomic mass is 10.0. The summed E-state index contributed by atoms with van der Waals surface area (Å²) in [5.41, 5.74) is 0.933. The van der Waals surface area contributed by atoms with Gasteiger partial charge in [0.2, 0.25) is 10.0 Å². The van der Waals surface area contributed by atoms with Crippen molar-refractivity contribution in [1.29, 1.82) is 0 Å². The molecule has 0 aromatic heterocycles. The van der Waals surface area contributed by atoms with Crippen LogP contribution in [-0.4, -0.2) is 50.4 Å². The molecular formula is C13H19FN2O3S. The van der Waals surface area contributed by atoms with E-state index in [4.69, 9.17) is 0 Å². The molecule has 0 unspecified atom stereocenters. The van der Waals surface area contributed by atoms with Crippen LogP contribution in [0.2, 0.25) is 0 Å². The highest BCUT2D eigenvalue weighted by Gasteiger charge is 2.31. The Morgan fingerprint density at radius 2 is 2.05 bits per heavy atom. The van der Waals surface area contributed by atoms with Gasteiger partial charge in [-0.1, -0.05) is 12.1 Å². The van der Waals surface area contributed by atoms with Gasteiger partial charge in [0, 0.05) is 25.7 Å². The zero-order valence-electron chi connectivity index (χ0n) is 11.3. The van der Waals surface area contributed by atoms with Gasteiger partial charge in [-0.15, -0.1) is 0 Å². The number of halogens is 1. The van der Waals surface area contributed by atoms with Gasteiger partial charge in [-0.2, -0.15) is 0 Å². The molecule has 1 saturated heterocycles. The topological polar surface area (TPSA) is 69.6 Å². The molecule has 0 radical (unpaired) electrons. The maximum Gasteiger partial charge on any atom is 0.208 e. The standard InChI is InChI=1S/C13H19FN2O3S/c1-20(18,19)15-6-7-16-9-12(17)8-13(16)10-2-4-11(14)5-3-10/h2-5,12-13,15,17H,6-9H2,1H3/t12-,13+/m1/s1. The zero-order valence-corrected chi connectivity index (χ0v) is 12.1. The molecule has 0 aliphatic carbocycles. The highest BCUT2D eigenvalue weighted by atomic mass is 32.2. The Bertz CT molecular complexity index is 547. The summed E-state index contributed by atoms with van der Waals surface area (Å²) < 4.78 is 37.5. The molecule has 1 aliphatic heterocycles. The van der Waals surface area contributed by atoms with Gasteiger partial charge < -0.3 is 5.11 Å². The maximum absolute atomic E-state index is 12.9. The zero-order chi connectivity index (χ0) is 14.8. The molecular weight excluding hydrogens is 283 g/mol. The molecule has 0 saturated carbocycles. The molecule has 1 aromatic carbocycles. The summed E-state index contributed by atoms with van der Waals surface area (Å²) in [5.74, 6) is -0.294. The van der Waals surface area contributed by atoms with Gasteiger partial charge in [0.15, 0.2) is 0 Å². The smallest absolute Gasteiger partial charge is 0.208 e. The van der Waals surface area contributed by atoms with Crippen LogP contribution in [0.25, 0.3) is 0 Å². The molecule has 1 aromatic rings. The third-order valence-corrected chi connectivity index (χ3v) is 4.13. The van der Waals surface area contributed by atoms with Crippen LogP contribution in [0.4, 0.5) is 4.39 Å². The second-order valence-electron chi connectivity index (χ2n) is 5.12. The summed E-state index contributed by atoms with van der Waals surface area (Å²) in [6.07, 6.45) is 1.25. The molecule has 5 nitrogen and oxygen atoms in total. The highest BCUT2D eigenvalue weighted by molar-refractivity contribution is 7.88. The number of nitrogens with one attached hydrogen (secondary N) is 1. The lowest BCUT2D eigenvalue weighted by molar-refractivity contribution is 0.176. The van der Waals surface area contributed by atoms with Crippen molar-refractivity contribution in [3.05, 3.63) is 35.6 Å². The molecule has 0 bridgehead atoms. The molecule has 2 atom stereocenters. The Hall–Kier alpha value is -1.02. The highest BCUT2D eigenvalue weighted by Crippen LogP contribution is 2.31. The van der Waals surface area contributed by atoms with E-state index in [-0.39, 0.29) is 11.9 Å². The van der Waals surface area contributed by atoms with E-state index in [9.17, 15) is 17.9 Å². The Morgan fingerprint density at radius 3 is 2.65 bits per heavy atom. The number of aliphatic hydroxyl groups is 1. The van der Waals surface area contributed by atoms with E-state index >= 15 is 0 Å². The Balaban J connectivity index is 2.01. The van der Waals surface area contributed by atoms with E-state index in [2.05, 4.69) is 4.72 Å². The van der Waals surface area contributed by atoms with Gasteiger partial charge in [0.25, 0.3) is 0 Å². The van der Waals surface area contributed by atoms with Crippen LogP contribution in [-0.2, 0) is 10.0 Å². The summed E-state index contributed by atoms with van der Waals surface area (Å²) in [4.78, 5) is 2.01. The minimum absolute atomic E-state index is 0.00744. The summed E-state index contributed by atoms with van der Waals surface area (Å²) in [7, 11) is -3.21. The van der Waals surface area contributed by atoms with Crippen molar-refractivity contribution in [3.8, 4) is 0 Å². The molecule has 20 heavy (non-hydrogen) atoms. The number of β-amino-alcohol motifs (C(OH)–C–C–N with tert-alkyl or cyclic N) is 1. The minimum Gasteiger partial charge on any atom is -0.392 e. The molecule has 2 rings (SSSR count). The second kappa shape index (κ2) is 6.17. The number of aliphatic hydroxyl groups excluding tert-OH is 1. The number of nitrogens with zero attached hydrogens (tertiary/aromatic N) is 1. The van der Waals surface area contributed by atoms with Crippen LogP contribution in [0.3, 0.4) is 0 Å². The van der Waals surface area contributed by atoms with Crippen molar-refractivity contribution >= 4 is 10.0 Å². The molecule has 2 N–H and O–H groups in total. The number of likely N-dealkylation sites (tertiary alicyclic amines) is 1. The fourth-order valence-electron chi connectivity index (χ4n) is 2.53. The predicted molar refractivity (Wildman–Crippen MR) is 74.2 cm³/mol. The van der Waals surface area contributed by atoms with Gasteiger partial charge in [-0.3, -0.25) is 4.90 Å². The number of sulfonamides is 1. The van der Waals surface area contributed by atoms with Gasteiger partial charge >= 0.3 is 0 Å². The van der Waals surface area contributed by atoms with Gasteiger partial charge in [0.1, 0.15) is 5.82 Å². The van der Waals surface area contributed by atoms with Crippen molar-refractivity contribution in [1.82, 2.24) is 9.62 Å². The fourth-order valence-corrected chi connectivity index (χ4v) is 2.99. The molecule has 1 heterocycles. The van der Waals surface area contributed by atoms with Crippen LogP contribution < -0.4 is 4.72 Å². The first kappa shape index (κ1) is 15.4. The number of hydrogen-bond acceptors (Lipinski definition) is 4. The van der Waals surface area contributed by atoms with E-state index < -0.39 is 16.1 Å². The number of rotatable bonds is 5. The van der Waals surface area contributed by atoms with E-state index in [1.54, 1.807) is 12.1 Å². The van der Waals surface area contributed by atoms with Crippen molar-refractivity contribution in [2.24, 2.45) is 0 Å². The molecule has 0 amide bonds. The summed E-state index contributed by atoms with van der Waals surface area (Å²) in [6, 6.07) is 6.19. The molecule has 0 spiro atoms. The summed E-state index contributed by atoms with van der Waals surface area (Å²) >= 11 is 0. The Kier molecular flexibility index (Phi) is 4.74. The number of benzene rings is 1. The first-order valence-electron chi connectivity index (χ1n) is 6.47. The van der Waals surface area contributed by atoms with Crippen LogP contribution in [0, 0.1) is 5.82 Å². The lowest BCUT2D eigenvalue weighted by Gasteiger charge is -2.24. The van der Waals surface area contributed by atoms with E-state index in [1.807, 2.05) is 4.90 Å². The Morgan fingerprint density at radius 1 is 1.40 bits per heavy atom. The van der Waals surface area contributed by atoms with Crippen molar-refractivity contribution in [2.75, 3.05) is 25.9 Å². The van der Waals surface area contributed by atoms with Crippen LogP contribution in [0.15, 0.2) is 24.3 Å². The maximum atomic E-state index is 12.9. The van der Waals surface area contributed by atoms with Crippen molar-refractivity contribution < 1.29 is 17.9 Å². The molecule has 1 aliphatic rings. The van der Waals surface area contributed by atoms with E-state index in [0.717, 1.165) is 11.8 Å². The normalized spacial score (nSPS) is 24.1. The average Bonchev–Trinajstić information content (AvgIpc) is 2.70. The lowest BCUT2D eigenvalue weighted by Crippen LogP contribution is -2.34. The van der Waals surface area contributed by atoms with Crippen molar-refractivity contribution in [3.63, 3.8) is 0 Å². The molecule has 112 valence electrons. The van der Waals surface area contributed by atoms with E-state index in [0.29, 0.717) is 26.1 Å². The summed E-state index contributed by atoms with van der Waals surface area (Å²) in [5, 5.41) is 9.79. The first-order chi connectivity index (χ1) is 9.35. The Labute approximate surface area is 118 Å². The minimum atomic E-state index is -3.21. The molecule has 1 fully saturated rings. The second-order valence-corrected chi connectivity index (χ2v) is 6.95. The van der Waals surface area contributed by atoms with Crippen LogP contribution in [0.5, 0.6) is 0 Å². The van der Waals surface area contributed by atoms with Crippen LogP contribution >= 0.6 is 0 Å². The SMILES string of the molecule is CS(=O)(=O)NCCN1C[C@H](O)C[C@H]1c1ccc(F)cc1. The average molecular weight is 302 g/mol. The van der Waals surface area contributed by atoms with Gasteiger partial charge in [0.05, 0.1) is 12.4 Å². The molecule has 7 heteroatoms. The van der Waals surface area contributed by atoms with Crippen LogP contribution in [0.1, 0.15) is 18.0 Å².